The molecule has 414 valence electrons. The standard InChI is InChI=1S/C67H110O6/c1-4-7-10-13-16-19-22-25-28-31-33-36-39-42-45-48-51-54-57-60-66(69)72-63-64(62-71-65(68)59-56-53-50-47-44-41-38-35-30-27-24-21-18-15-12-9-6-3)73-67(70)61-58-55-52-49-46-43-40-37-34-32-29-26-23-20-17-14-11-8-5-2/h7,9-10,12,16-21,25-30,33-34,36-37,64H,4-6,8,11,13-15,22-24,31-32,35,38-63H2,1-3H3/b10-7-,12-9-,19-16-,20-17-,21-18-,28-25-,29-26-,30-27-,36-33-,37-34-. The second-order valence-corrected chi connectivity index (χ2v) is 19.5. The van der Waals surface area contributed by atoms with Crippen LogP contribution in [0.4, 0.5) is 0 Å². The molecule has 0 N–H and O–H groups in total. The molecule has 0 rings (SSSR count). The van der Waals surface area contributed by atoms with Gasteiger partial charge in [0.1, 0.15) is 13.2 Å². The predicted octanol–water partition coefficient (Wildman–Crippen LogP) is 20.4. The second kappa shape index (κ2) is 60.4. The molecule has 0 saturated carbocycles. The molecular weight excluding hydrogens is 901 g/mol. The average molecular weight is 1010 g/mol. The van der Waals surface area contributed by atoms with Crippen LogP contribution in [-0.2, 0) is 28.6 Å². The van der Waals surface area contributed by atoms with Gasteiger partial charge in [-0.2, -0.15) is 0 Å². The van der Waals surface area contributed by atoms with Gasteiger partial charge >= 0.3 is 17.9 Å². The van der Waals surface area contributed by atoms with Crippen LogP contribution in [0, 0.1) is 0 Å². The highest BCUT2D eigenvalue weighted by atomic mass is 16.6. The monoisotopic (exact) mass is 1010 g/mol. The van der Waals surface area contributed by atoms with Crippen LogP contribution in [0.15, 0.2) is 122 Å². The number of hydrogen-bond acceptors (Lipinski definition) is 6. The molecule has 0 heterocycles. The molecule has 0 aromatic carbocycles. The SMILES string of the molecule is CC/C=C\C/C=C\C/C=C\C/C=C\CCCCCCCCC(=O)OCC(COC(=O)CCCCCCCCC/C=C\C/C=C\C/C=C\CC)OC(=O)CCCCCCCC/C=C\C/C=C\C/C=C\CCCCC. The number of carbonyl (C=O) groups excluding carboxylic acids is 3. The lowest BCUT2D eigenvalue weighted by Crippen LogP contribution is -2.30. The van der Waals surface area contributed by atoms with E-state index in [1.807, 2.05) is 0 Å². The highest BCUT2D eigenvalue weighted by Gasteiger charge is 2.19. The number of esters is 3. The molecule has 73 heavy (non-hydrogen) atoms. The zero-order chi connectivity index (χ0) is 52.9. The van der Waals surface area contributed by atoms with Gasteiger partial charge in [0.15, 0.2) is 6.10 Å². The Labute approximate surface area is 450 Å². The fourth-order valence-electron chi connectivity index (χ4n) is 7.98. The zero-order valence-corrected chi connectivity index (χ0v) is 47.4. The molecule has 0 aliphatic carbocycles. The van der Waals surface area contributed by atoms with Gasteiger partial charge in [-0.3, -0.25) is 14.4 Å². The van der Waals surface area contributed by atoms with Crippen molar-refractivity contribution < 1.29 is 28.6 Å². The first-order chi connectivity index (χ1) is 36.0. The molecule has 6 nitrogen and oxygen atoms in total. The Morgan fingerprint density at radius 2 is 0.534 bits per heavy atom. The molecule has 0 saturated heterocycles. The van der Waals surface area contributed by atoms with Gasteiger partial charge in [-0.25, -0.2) is 0 Å². The normalized spacial score (nSPS) is 13.0. The second-order valence-electron chi connectivity index (χ2n) is 19.5. The molecular formula is C67H110O6. The summed E-state index contributed by atoms with van der Waals surface area (Å²) in [7, 11) is 0. The molecule has 0 aromatic heterocycles. The number of ether oxygens (including phenoxy) is 3. The maximum Gasteiger partial charge on any atom is 0.306 e. The Bertz CT molecular complexity index is 1540. The van der Waals surface area contributed by atoms with Crippen LogP contribution in [0.25, 0.3) is 0 Å². The van der Waals surface area contributed by atoms with Crippen LogP contribution >= 0.6 is 0 Å². The molecule has 0 aliphatic rings. The van der Waals surface area contributed by atoms with Crippen LogP contribution in [-0.4, -0.2) is 37.2 Å². The molecule has 0 bridgehead atoms. The molecule has 0 aliphatic heterocycles. The Morgan fingerprint density at radius 1 is 0.288 bits per heavy atom. The number of hydrogen-bond donors (Lipinski definition) is 0. The molecule has 0 aromatic rings. The number of unbranched alkanes of at least 4 members (excludes halogenated alkanes) is 22. The van der Waals surface area contributed by atoms with Crippen LogP contribution < -0.4 is 0 Å². The summed E-state index contributed by atoms with van der Waals surface area (Å²) in [4.78, 5) is 38.3. The molecule has 0 amide bonds. The lowest BCUT2D eigenvalue weighted by molar-refractivity contribution is -0.167. The Kier molecular flexibility index (Phi) is 56.9. The van der Waals surface area contributed by atoms with Crippen molar-refractivity contribution >= 4 is 17.9 Å². The highest BCUT2D eigenvalue weighted by Crippen LogP contribution is 2.14. The van der Waals surface area contributed by atoms with Gasteiger partial charge < -0.3 is 14.2 Å². The van der Waals surface area contributed by atoms with Crippen LogP contribution in [0.5, 0.6) is 0 Å². The van der Waals surface area contributed by atoms with Gasteiger partial charge in [0.25, 0.3) is 0 Å². The van der Waals surface area contributed by atoms with Crippen molar-refractivity contribution in [1.29, 1.82) is 0 Å². The van der Waals surface area contributed by atoms with Gasteiger partial charge in [0, 0.05) is 19.3 Å². The van der Waals surface area contributed by atoms with E-state index in [0.29, 0.717) is 19.3 Å². The molecule has 0 spiro atoms. The van der Waals surface area contributed by atoms with E-state index in [1.165, 1.54) is 77.0 Å². The minimum Gasteiger partial charge on any atom is -0.462 e. The third-order valence-electron chi connectivity index (χ3n) is 12.4. The fraction of sp³-hybridized carbons (Fsp3) is 0.657. The van der Waals surface area contributed by atoms with Gasteiger partial charge in [0.2, 0.25) is 0 Å². The average Bonchev–Trinajstić information content (AvgIpc) is 3.39. The van der Waals surface area contributed by atoms with Crippen LogP contribution in [0.1, 0.15) is 265 Å². The summed E-state index contributed by atoms with van der Waals surface area (Å²) >= 11 is 0. The quantitative estimate of drug-likeness (QED) is 0.0261. The van der Waals surface area contributed by atoms with E-state index in [-0.39, 0.29) is 31.1 Å². The maximum atomic E-state index is 12.9. The third-order valence-corrected chi connectivity index (χ3v) is 12.4. The van der Waals surface area contributed by atoms with Gasteiger partial charge in [-0.05, 0) is 128 Å². The van der Waals surface area contributed by atoms with E-state index in [4.69, 9.17) is 14.2 Å². The third kappa shape index (κ3) is 58.6. The van der Waals surface area contributed by atoms with Crippen molar-refractivity contribution in [1.82, 2.24) is 0 Å². The van der Waals surface area contributed by atoms with Crippen molar-refractivity contribution in [2.24, 2.45) is 0 Å². The Morgan fingerprint density at radius 3 is 0.836 bits per heavy atom. The van der Waals surface area contributed by atoms with Crippen molar-refractivity contribution in [2.45, 2.75) is 271 Å². The topological polar surface area (TPSA) is 78.9 Å². The minimum absolute atomic E-state index is 0.0962. The van der Waals surface area contributed by atoms with Gasteiger partial charge in [-0.15, -0.1) is 0 Å². The van der Waals surface area contributed by atoms with Crippen LogP contribution in [0.3, 0.4) is 0 Å². The summed E-state index contributed by atoms with van der Waals surface area (Å²) in [6.07, 6.45) is 83.2. The van der Waals surface area contributed by atoms with E-state index in [0.717, 1.165) is 148 Å². The summed E-state index contributed by atoms with van der Waals surface area (Å²) in [6.45, 7) is 6.36. The van der Waals surface area contributed by atoms with Gasteiger partial charge in [-0.1, -0.05) is 239 Å². The van der Waals surface area contributed by atoms with Crippen molar-refractivity contribution in [2.75, 3.05) is 13.2 Å². The smallest absolute Gasteiger partial charge is 0.306 e. The van der Waals surface area contributed by atoms with E-state index in [9.17, 15) is 14.4 Å². The highest BCUT2D eigenvalue weighted by molar-refractivity contribution is 5.71. The van der Waals surface area contributed by atoms with E-state index in [2.05, 4.69) is 142 Å². The van der Waals surface area contributed by atoms with Gasteiger partial charge in [0.05, 0.1) is 0 Å². The predicted molar refractivity (Wildman–Crippen MR) is 316 cm³/mol. The largest absolute Gasteiger partial charge is 0.462 e. The maximum absolute atomic E-state index is 12.9. The Hall–Kier alpha value is -4.19. The van der Waals surface area contributed by atoms with E-state index in [1.54, 1.807) is 0 Å². The summed E-state index contributed by atoms with van der Waals surface area (Å²) < 4.78 is 16.9. The molecule has 1 unspecified atom stereocenters. The lowest BCUT2D eigenvalue weighted by atomic mass is 10.1. The summed E-state index contributed by atoms with van der Waals surface area (Å²) in [5.74, 6) is -0.930. The first-order valence-electron chi connectivity index (χ1n) is 30.0. The Balaban J connectivity index is 4.47. The lowest BCUT2D eigenvalue weighted by Gasteiger charge is -2.18. The molecule has 1 atom stereocenters. The molecule has 0 radical (unpaired) electrons. The van der Waals surface area contributed by atoms with E-state index < -0.39 is 6.10 Å². The van der Waals surface area contributed by atoms with Crippen molar-refractivity contribution in [3.63, 3.8) is 0 Å². The summed E-state index contributed by atoms with van der Waals surface area (Å²) in [5, 5.41) is 0. The zero-order valence-electron chi connectivity index (χ0n) is 47.4. The van der Waals surface area contributed by atoms with Crippen LogP contribution in [0.2, 0.25) is 0 Å². The summed E-state index contributed by atoms with van der Waals surface area (Å²) in [6, 6.07) is 0. The molecule has 0 fully saturated rings. The number of allylic oxidation sites excluding steroid dienone is 20. The first-order valence-corrected chi connectivity index (χ1v) is 30.0. The summed E-state index contributed by atoms with van der Waals surface area (Å²) in [5.41, 5.74) is 0. The fourth-order valence-corrected chi connectivity index (χ4v) is 7.98. The molecule has 6 heteroatoms. The number of rotatable bonds is 53. The van der Waals surface area contributed by atoms with Crippen molar-refractivity contribution in [3.8, 4) is 0 Å². The van der Waals surface area contributed by atoms with E-state index >= 15 is 0 Å². The number of carbonyl (C=O) groups is 3. The van der Waals surface area contributed by atoms with Crippen molar-refractivity contribution in [3.05, 3.63) is 122 Å². The minimum atomic E-state index is -0.800. The first kappa shape index (κ1) is 68.8.